The molecule has 4 N–H and O–H groups in total. The molecule has 2 aromatic carbocycles. The molecule has 0 unspecified atom stereocenters. The lowest BCUT2D eigenvalue weighted by atomic mass is 10.1. The molecule has 5 atom stereocenters. The van der Waals surface area contributed by atoms with Gasteiger partial charge < -0.3 is 29.7 Å². The second-order valence-corrected chi connectivity index (χ2v) is 8.77. The maximum Gasteiger partial charge on any atom is 0.408 e. The van der Waals surface area contributed by atoms with Crippen molar-refractivity contribution in [1.29, 1.82) is 0 Å². The molecular weight excluding hydrogens is 517 g/mol. The van der Waals surface area contributed by atoms with E-state index in [1.165, 1.54) is 0 Å². The molecule has 1 aliphatic heterocycles. The molecule has 4 rings (SSSR count). The first-order chi connectivity index (χ1) is 18.7. The molecular formula is C26H26FN3O9. The van der Waals surface area contributed by atoms with Crippen molar-refractivity contribution in [3.05, 3.63) is 105 Å². The Bertz CT molecular complexity index is 1400. The van der Waals surface area contributed by atoms with E-state index in [0.717, 1.165) is 11.1 Å². The number of aliphatic hydroxyl groups is 2. The number of H-pyrrole nitrogens is 1. The number of aliphatic hydroxyl groups excluding tert-OH is 2. The van der Waals surface area contributed by atoms with Gasteiger partial charge in [0.2, 0.25) is 5.82 Å². The molecule has 0 spiro atoms. The lowest BCUT2D eigenvalue weighted by molar-refractivity contribution is -0.152. The molecule has 1 aromatic heterocycles. The molecule has 3 aromatic rings. The summed E-state index contributed by atoms with van der Waals surface area (Å²) in [6, 6.07) is 16.6. The van der Waals surface area contributed by atoms with Crippen LogP contribution in [0.5, 0.6) is 0 Å². The molecule has 13 heteroatoms. The summed E-state index contributed by atoms with van der Waals surface area (Å²) >= 11 is 0. The van der Waals surface area contributed by atoms with Crippen molar-refractivity contribution in [2.45, 2.75) is 43.6 Å². The van der Waals surface area contributed by atoms with Crippen LogP contribution >= 0.6 is 0 Å². The predicted molar refractivity (Wildman–Crippen MR) is 132 cm³/mol. The summed E-state index contributed by atoms with van der Waals surface area (Å²) in [7, 11) is 0. The molecule has 39 heavy (non-hydrogen) atoms. The maximum absolute atomic E-state index is 13.7. The van der Waals surface area contributed by atoms with Crippen LogP contribution in [0.2, 0.25) is 0 Å². The van der Waals surface area contributed by atoms with E-state index in [2.05, 4.69) is 5.32 Å². The van der Waals surface area contributed by atoms with Crippen LogP contribution in [0, 0.1) is 5.82 Å². The SMILES string of the molecule is O=C(N[C@@H](Cc1ccccc1)C(=O)OC[C@H]1O[C@@H](n2cc(F)c(=O)[nH]c2=O)[C@H](O)[C@@H]1O)OCc1ccccc1. The van der Waals surface area contributed by atoms with E-state index in [4.69, 9.17) is 14.2 Å². The number of carbonyl (C=O) groups is 2. The number of carbonyl (C=O) groups excluding carboxylic acids is 2. The smallest absolute Gasteiger partial charge is 0.408 e. The van der Waals surface area contributed by atoms with Gasteiger partial charge in [-0.1, -0.05) is 60.7 Å². The van der Waals surface area contributed by atoms with Crippen LogP contribution in [-0.4, -0.2) is 62.8 Å². The van der Waals surface area contributed by atoms with Crippen molar-refractivity contribution in [1.82, 2.24) is 14.9 Å². The van der Waals surface area contributed by atoms with E-state index < -0.39 is 66.3 Å². The first-order valence-corrected chi connectivity index (χ1v) is 11.9. The lowest BCUT2D eigenvalue weighted by Crippen LogP contribution is -2.45. The molecule has 206 valence electrons. The van der Waals surface area contributed by atoms with Crippen LogP contribution < -0.4 is 16.6 Å². The Morgan fingerprint density at radius 1 is 1.00 bits per heavy atom. The molecule has 1 fully saturated rings. The third-order valence-corrected chi connectivity index (χ3v) is 6.00. The van der Waals surface area contributed by atoms with Gasteiger partial charge in [-0.3, -0.25) is 14.3 Å². The van der Waals surface area contributed by atoms with Crippen LogP contribution in [0.25, 0.3) is 0 Å². The Kier molecular flexibility index (Phi) is 8.86. The van der Waals surface area contributed by atoms with Gasteiger partial charge in [0.1, 0.15) is 37.6 Å². The quantitative estimate of drug-likeness (QED) is 0.279. The van der Waals surface area contributed by atoms with Crippen LogP contribution in [0.3, 0.4) is 0 Å². The number of ether oxygens (including phenoxy) is 3. The molecule has 1 amide bonds. The molecule has 1 aliphatic rings. The average Bonchev–Trinajstić information content (AvgIpc) is 3.22. The Hall–Kier alpha value is -4.33. The van der Waals surface area contributed by atoms with Crippen LogP contribution in [0.1, 0.15) is 17.4 Å². The highest BCUT2D eigenvalue weighted by Crippen LogP contribution is 2.28. The second kappa shape index (κ2) is 12.5. The number of rotatable bonds is 9. The first-order valence-electron chi connectivity index (χ1n) is 11.9. The summed E-state index contributed by atoms with van der Waals surface area (Å²) in [4.78, 5) is 50.4. The number of aromatic nitrogens is 2. The highest BCUT2D eigenvalue weighted by atomic mass is 19.1. The Morgan fingerprint density at radius 2 is 1.64 bits per heavy atom. The monoisotopic (exact) mass is 543 g/mol. The number of hydrogen-bond donors (Lipinski definition) is 4. The average molecular weight is 544 g/mol. The zero-order chi connectivity index (χ0) is 27.9. The topological polar surface area (TPSA) is 169 Å². The van der Waals surface area contributed by atoms with E-state index in [-0.39, 0.29) is 13.0 Å². The summed E-state index contributed by atoms with van der Waals surface area (Å²) in [5.41, 5.74) is -0.864. The number of benzene rings is 2. The van der Waals surface area contributed by atoms with Gasteiger partial charge in [-0.15, -0.1) is 0 Å². The van der Waals surface area contributed by atoms with Gasteiger partial charge in [-0.25, -0.2) is 14.4 Å². The van der Waals surface area contributed by atoms with Crippen molar-refractivity contribution >= 4 is 12.1 Å². The van der Waals surface area contributed by atoms with Gasteiger partial charge in [0.05, 0.1) is 6.20 Å². The largest absolute Gasteiger partial charge is 0.461 e. The lowest BCUT2D eigenvalue weighted by Gasteiger charge is -2.20. The normalized spacial score (nSPS) is 21.2. The minimum Gasteiger partial charge on any atom is -0.461 e. The highest BCUT2D eigenvalue weighted by Gasteiger charge is 2.45. The summed E-state index contributed by atoms with van der Waals surface area (Å²) in [6.45, 7) is -0.591. The highest BCUT2D eigenvalue weighted by molar-refractivity contribution is 5.81. The van der Waals surface area contributed by atoms with Crippen molar-refractivity contribution in [3.63, 3.8) is 0 Å². The van der Waals surface area contributed by atoms with Crippen LogP contribution in [-0.2, 0) is 32.0 Å². The third-order valence-electron chi connectivity index (χ3n) is 6.00. The Balaban J connectivity index is 1.40. The molecule has 1 saturated heterocycles. The van der Waals surface area contributed by atoms with Crippen molar-refractivity contribution in [2.24, 2.45) is 0 Å². The van der Waals surface area contributed by atoms with E-state index in [0.29, 0.717) is 10.8 Å². The number of amides is 1. The summed E-state index contributed by atoms with van der Waals surface area (Å²) in [5, 5.41) is 23.2. The van der Waals surface area contributed by atoms with Gasteiger partial charge in [-0.2, -0.15) is 4.39 Å². The molecule has 0 bridgehead atoms. The molecule has 0 saturated carbocycles. The maximum atomic E-state index is 13.7. The zero-order valence-corrected chi connectivity index (χ0v) is 20.4. The van der Waals surface area contributed by atoms with Crippen molar-refractivity contribution in [3.8, 4) is 0 Å². The number of nitrogens with one attached hydrogen (secondary N) is 2. The summed E-state index contributed by atoms with van der Waals surface area (Å²) in [5.74, 6) is -2.18. The number of hydrogen-bond acceptors (Lipinski definition) is 9. The Morgan fingerprint density at radius 3 is 2.31 bits per heavy atom. The fraction of sp³-hybridized carbons (Fsp3) is 0.308. The first kappa shape index (κ1) is 27.7. The number of alkyl carbamates (subject to hydrolysis) is 1. The van der Waals surface area contributed by atoms with Crippen LogP contribution in [0.4, 0.5) is 9.18 Å². The molecule has 0 radical (unpaired) electrons. The fourth-order valence-electron chi connectivity index (χ4n) is 3.96. The van der Waals surface area contributed by atoms with E-state index in [1.54, 1.807) is 59.6 Å². The Labute approximate surface area is 220 Å². The van der Waals surface area contributed by atoms with Crippen molar-refractivity contribution < 1.29 is 38.4 Å². The molecule has 0 aliphatic carbocycles. The minimum absolute atomic E-state index is 0.0219. The molecule has 2 heterocycles. The zero-order valence-electron chi connectivity index (χ0n) is 20.4. The van der Waals surface area contributed by atoms with E-state index in [1.807, 2.05) is 6.07 Å². The number of esters is 1. The fourth-order valence-corrected chi connectivity index (χ4v) is 3.96. The number of nitrogens with zero attached hydrogens (tertiary/aromatic N) is 1. The van der Waals surface area contributed by atoms with Gasteiger partial charge in [-0.05, 0) is 11.1 Å². The van der Waals surface area contributed by atoms with Gasteiger partial charge in [0.15, 0.2) is 6.23 Å². The number of halogens is 1. The third kappa shape index (κ3) is 6.96. The van der Waals surface area contributed by atoms with Crippen molar-refractivity contribution in [2.75, 3.05) is 6.61 Å². The number of aromatic amines is 1. The van der Waals surface area contributed by atoms with Crippen LogP contribution in [0.15, 0.2) is 76.4 Å². The van der Waals surface area contributed by atoms with Gasteiger partial charge in [0, 0.05) is 6.42 Å². The standard InChI is InChI=1S/C26H26FN3O9/c27-17-12-30(25(35)29-22(17)33)23-21(32)20(31)19(39-23)14-37-24(34)18(11-15-7-3-1-4-8-15)28-26(36)38-13-16-9-5-2-6-10-16/h1-10,12,18-21,23,31-32H,11,13-14H2,(H,28,36)(H,29,33,35)/t18-,19+,20+,21+,23+/m0/s1. The molecule has 12 nitrogen and oxygen atoms in total. The van der Waals surface area contributed by atoms with E-state index >= 15 is 0 Å². The van der Waals surface area contributed by atoms with Gasteiger partial charge in [0.25, 0.3) is 5.56 Å². The van der Waals surface area contributed by atoms with Gasteiger partial charge >= 0.3 is 17.8 Å². The minimum atomic E-state index is -1.71. The van der Waals surface area contributed by atoms with E-state index in [9.17, 15) is 33.8 Å². The summed E-state index contributed by atoms with van der Waals surface area (Å²) in [6.07, 6.45) is -6.46. The summed E-state index contributed by atoms with van der Waals surface area (Å²) < 4.78 is 30.2. The predicted octanol–water partition coefficient (Wildman–Crippen LogP) is 0.376. The second-order valence-electron chi connectivity index (χ2n) is 8.77.